The van der Waals surface area contributed by atoms with E-state index < -0.39 is 11.6 Å². The molecule has 1 unspecified atom stereocenters. The molecule has 0 amide bonds. The number of thiocarbonyl (C=S) groups is 1. The van der Waals surface area contributed by atoms with Gasteiger partial charge in [0.15, 0.2) is 11.7 Å². The van der Waals surface area contributed by atoms with Crippen LogP contribution in [0.4, 0.5) is 5.69 Å². The Morgan fingerprint density at radius 1 is 1.19 bits per heavy atom. The summed E-state index contributed by atoms with van der Waals surface area (Å²) in [7, 11) is 0. The number of anilines is 1. The Kier molecular flexibility index (Phi) is 8.35. The molecule has 0 bridgehead atoms. The van der Waals surface area contributed by atoms with E-state index in [1.165, 1.54) is 0 Å². The molecule has 2 aromatic carbocycles. The van der Waals surface area contributed by atoms with Gasteiger partial charge >= 0.3 is 5.97 Å². The Morgan fingerprint density at radius 3 is 2.78 bits per heavy atom. The summed E-state index contributed by atoms with van der Waals surface area (Å²) in [6.45, 7) is 5.96. The van der Waals surface area contributed by atoms with Crippen LogP contribution in [0.3, 0.4) is 0 Å². The van der Waals surface area contributed by atoms with E-state index in [2.05, 4.69) is 33.8 Å². The number of hydrazone groups is 1. The van der Waals surface area contributed by atoms with E-state index in [-0.39, 0.29) is 6.61 Å². The standard InChI is InChI=1S/C28H30N4O4S/c1-4-19-9-6-7-11-23(19)30-27(37)32-31-24-16-28(3,20-10-8-14-29-17-20)36-25-13-12-21(15-22(24)25)35-18-26(33)34-5-2/h6-15,17H,4-5,16,18H2,1-3H3,(H2,30,32,37). The van der Waals surface area contributed by atoms with Crippen molar-refractivity contribution in [3.05, 3.63) is 83.7 Å². The largest absolute Gasteiger partial charge is 0.482 e. The van der Waals surface area contributed by atoms with Crippen LogP contribution in [0.1, 0.15) is 43.9 Å². The molecule has 2 N–H and O–H groups in total. The number of hydrogen-bond acceptors (Lipinski definition) is 7. The lowest BCUT2D eigenvalue weighted by atomic mass is 9.86. The lowest BCUT2D eigenvalue weighted by Crippen LogP contribution is -2.38. The van der Waals surface area contributed by atoms with E-state index in [9.17, 15) is 4.79 Å². The molecule has 0 saturated carbocycles. The number of aryl methyl sites for hydroxylation is 1. The smallest absolute Gasteiger partial charge is 0.344 e. The first-order valence-electron chi connectivity index (χ1n) is 12.2. The lowest BCUT2D eigenvalue weighted by Gasteiger charge is -2.36. The first kappa shape index (κ1) is 26.1. The summed E-state index contributed by atoms with van der Waals surface area (Å²) in [6.07, 6.45) is 4.85. The van der Waals surface area contributed by atoms with Gasteiger partial charge in [0, 0.05) is 35.6 Å². The van der Waals surface area contributed by atoms with Crippen LogP contribution in [-0.2, 0) is 21.6 Å². The summed E-state index contributed by atoms with van der Waals surface area (Å²) >= 11 is 5.54. The number of pyridine rings is 1. The molecule has 0 radical (unpaired) electrons. The Hall–Kier alpha value is -3.98. The fourth-order valence-corrected chi connectivity index (χ4v) is 4.26. The summed E-state index contributed by atoms with van der Waals surface area (Å²) in [4.78, 5) is 16.0. The van der Waals surface area contributed by atoms with Crippen LogP contribution in [0.15, 0.2) is 72.1 Å². The minimum Gasteiger partial charge on any atom is -0.482 e. The molecule has 0 saturated heterocycles. The molecule has 1 aromatic heterocycles. The number of carbonyl (C=O) groups excluding carboxylic acids is 1. The van der Waals surface area contributed by atoms with Gasteiger partial charge in [-0.05, 0) is 68.4 Å². The van der Waals surface area contributed by atoms with Crippen molar-refractivity contribution in [2.45, 2.75) is 39.2 Å². The number of benzene rings is 2. The van der Waals surface area contributed by atoms with E-state index in [0.29, 0.717) is 29.6 Å². The van der Waals surface area contributed by atoms with Gasteiger partial charge in [0.25, 0.3) is 0 Å². The highest BCUT2D eigenvalue weighted by Gasteiger charge is 2.37. The Morgan fingerprint density at radius 2 is 2.03 bits per heavy atom. The molecular formula is C28H30N4O4S. The van der Waals surface area contributed by atoms with Gasteiger partial charge in [-0.3, -0.25) is 10.4 Å². The van der Waals surface area contributed by atoms with Crippen molar-refractivity contribution < 1.29 is 19.0 Å². The van der Waals surface area contributed by atoms with E-state index >= 15 is 0 Å². The van der Waals surface area contributed by atoms with E-state index in [4.69, 9.17) is 26.4 Å². The second-order valence-corrected chi connectivity index (χ2v) is 9.05. The number of carbonyl (C=O) groups is 1. The van der Waals surface area contributed by atoms with Crippen molar-refractivity contribution in [1.82, 2.24) is 10.4 Å². The van der Waals surface area contributed by atoms with Gasteiger partial charge < -0.3 is 19.5 Å². The number of nitrogens with zero attached hydrogens (tertiary/aromatic N) is 2. The predicted molar refractivity (Wildman–Crippen MR) is 147 cm³/mol. The predicted octanol–water partition coefficient (Wildman–Crippen LogP) is 4.97. The summed E-state index contributed by atoms with van der Waals surface area (Å²) in [5, 5.41) is 8.28. The van der Waals surface area contributed by atoms with Crippen molar-refractivity contribution in [3.8, 4) is 11.5 Å². The number of para-hydroxylation sites is 1. The van der Waals surface area contributed by atoms with Gasteiger partial charge in [-0.1, -0.05) is 31.2 Å². The van der Waals surface area contributed by atoms with Crippen LogP contribution in [0.5, 0.6) is 11.5 Å². The normalized spacial score (nSPS) is 17.3. The number of esters is 1. The van der Waals surface area contributed by atoms with E-state index in [1.807, 2.05) is 43.3 Å². The Bertz CT molecular complexity index is 1300. The number of nitrogens with one attached hydrogen (secondary N) is 2. The molecule has 2 heterocycles. The molecule has 1 atom stereocenters. The van der Waals surface area contributed by atoms with Crippen LogP contribution in [0.2, 0.25) is 0 Å². The minimum absolute atomic E-state index is 0.184. The van der Waals surface area contributed by atoms with Gasteiger partial charge in [-0.2, -0.15) is 5.10 Å². The van der Waals surface area contributed by atoms with Crippen LogP contribution >= 0.6 is 12.2 Å². The average Bonchev–Trinajstić information content (AvgIpc) is 2.91. The SMILES string of the molecule is CCOC(=O)COc1ccc2c(c1)C(=NNC(=S)Nc1ccccc1CC)CC(C)(c1cccnc1)O2. The number of fused-ring (bicyclic) bond motifs is 1. The topological polar surface area (TPSA) is 94.1 Å². The molecule has 8 nitrogen and oxygen atoms in total. The number of ether oxygens (including phenoxy) is 3. The highest BCUT2D eigenvalue weighted by Crippen LogP contribution is 2.40. The van der Waals surface area contributed by atoms with Crippen molar-refractivity contribution in [2.24, 2.45) is 5.10 Å². The second kappa shape index (κ2) is 11.8. The Labute approximate surface area is 222 Å². The zero-order chi connectivity index (χ0) is 26.3. The molecule has 1 aliphatic heterocycles. The molecule has 37 heavy (non-hydrogen) atoms. The van der Waals surface area contributed by atoms with Gasteiger partial charge in [0.1, 0.15) is 17.1 Å². The van der Waals surface area contributed by atoms with Gasteiger partial charge in [-0.25, -0.2) is 4.79 Å². The molecule has 192 valence electrons. The fourth-order valence-electron chi connectivity index (χ4n) is 4.11. The third-order valence-corrected chi connectivity index (χ3v) is 6.17. The number of hydrogen-bond donors (Lipinski definition) is 2. The first-order chi connectivity index (χ1) is 17.9. The maximum atomic E-state index is 11.8. The molecule has 0 fully saturated rings. The third kappa shape index (κ3) is 6.42. The molecule has 0 spiro atoms. The molecule has 0 aliphatic carbocycles. The quantitative estimate of drug-likeness (QED) is 0.245. The molecule has 9 heteroatoms. The second-order valence-electron chi connectivity index (χ2n) is 8.64. The van der Waals surface area contributed by atoms with Gasteiger partial charge in [0.2, 0.25) is 0 Å². The third-order valence-electron chi connectivity index (χ3n) is 5.97. The monoisotopic (exact) mass is 518 g/mol. The van der Waals surface area contributed by atoms with Gasteiger partial charge in [-0.15, -0.1) is 0 Å². The number of aromatic nitrogens is 1. The zero-order valence-electron chi connectivity index (χ0n) is 21.1. The van der Waals surface area contributed by atoms with Crippen molar-refractivity contribution in [1.29, 1.82) is 0 Å². The first-order valence-corrected chi connectivity index (χ1v) is 12.6. The maximum absolute atomic E-state index is 11.8. The summed E-state index contributed by atoms with van der Waals surface area (Å²) in [6, 6.07) is 17.2. The van der Waals surface area contributed by atoms with E-state index in [1.54, 1.807) is 31.5 Å². The minimum atomic E-state index is -0.695. The summed E-state index contributed by atoms with van der Waals surface area (Å²) in [5.74, 6) is 0.711. The number of rotatable bonds is 8. The van der Waals surface area contributed by atoms with Crippen LogP contribution in [0.25, 0.3) is 0 Å². The molecular weight excluding hydrogens is 488 g/mol. The van der Waals surface area contributed by atoms with Gasteiger partial charge in [0.05, 0.1) is 12.3 Å². The zero-order valence-corrected chi connectivity index (χ0v) is 21.9. The molecule has 1 aliphatic rings. The van der Waals surface area contributed by atoms with Crippen LogP contribution in [0, 0.1) is 0 Å². The van der Waals surface area contributed by atoms with Crippen LogP contribution < -0.4 is 20.2 Å². The highest BCUT2D eigenvalue weighted by atomic mass is 32.1. The molecule has 4 rings (SSSR count). The summed E-state index contributed by atoms with van der Waals surface area (Å²) in [5.41, 5.74) is 6.78. The van der Waals surface area contributed by atoms with Crippen molar-refractivity contribution >= 4 is 34.7 Å². The van der Waals surface area contributed by atoms with E-state index in [0.717, 1.165) is 34.5 Å². The van der Waals surface area contributed by atoms with Crippen molar-refractivity contribution in [3.63, 3.8) is 0 Å². The average molecular weight is 519 g/mol. The molecule has 3 aromatic rings. The lowest BCUT2D eigenvalue weighted by molar-refractivity contribution is -0.145. The fraction of sp³-hybridized carbons (Fsp3) is 0.286. The highest BCUT2D eigenvalue weighted by molar-refractivity contribution is 7.80. The van der Waals surface area contributed by atoms with Crippen molar-refractivity contribution in [2.75, 3.05) is 18.5 Å². The maximum Gasteiger partial charge on any atom is 0.344 e. The summed E-state index contributed by atoms with van der Waals surface area (Å²) < 4.78 is 17.0. The Balaban J connectivity index is 1.61. The van der Waals surface area contributed by atoms with Crippen LogP contribution in [-0.4, -0.2) is 35.0 Å².